The molecular formula is C19H33N. The second kappa shape index (κ2) is 7.15. The van der Waals surface area contributed by atoms with Gasteiger partial charge in [-0.05, 0) is 48.1 Å². The van der Waals surface area contributed by atoms with E-state index in [0.717, 1.165) is 12.5 Å². The molecule has 1 atom stereocenters. The van der Waals surface area contributed by atoms with E-state index in [4.69, 9.17) is 0 Å². The van der Waals surface area contributed by atoms with Crippen LogP contribution in [0.25, 0.3) is 0 Å². The van der Waals surface area contributed by atoms with E-state index in [1.165, 1.54) is 24.9 Å². The molecule has 0 aliphatic heterocycles. The van der Waals surface area contributed by atoms with Crippen molar-refractivity contribution >= 4 is 5.69 Å². The summed E-state index contributed by atoms with van der Waals surface area (Å²) < 4.78 is 0. The minimum atomic E-state index is 0.404. The molecule has 1 rings (SSSR count). The first-order valence-electron chi connectivity index (χ1n) is 7.95. The molecule has 1 N–H and O–H groups in total. The van der Waals surface area contributed by atoms with Crippen molar-refractivity contribution in [1.29, 1.82) is 0 Å². The molecular weight excluding hydrogens is 242 g/mol. The zero-order valence-electron chi connectivity index (χ0n) is 14.3. The first-order valence-corrected chi connectivity index (χ1v) is 7.95. The fourth-order valence-corrected chi connectivity index (χ4v) is 2.60. The van der Waals surface area contributed by atoms with Gasteiger partial charge in [-0.2, -0.15) is 0 Å². The molecule has 1 heteroatoms. The van der Waals surface area contributed by atoms with E-state index in [1.807, 2.05) is 0 Å². The van der Waals surface area contributed by atoms with Crippen molar-refractivity contribution in [2.45, 2.75) is 60.8 Å². The van der Waals surface area contributed by atoms with Gasteiger partial charge < -0.3 is 5.32 Å². The van der Waals surface area contributed by atoms with Gasteiger partial charge in [0.15, 0.2) is 0 Å². The van der Waals surface area contributed by atoms with Crippen LogP contribution >= 0.6 is 0 Å². The van der Waals surface area contributed by atoms with Crippen LogP contribution in [0.1, 0.15) is 60.8 Å². The molecule has 20 heavy (non-hydrogen) atoms. The molecule has 0 spiro atoms. The third kappa shape index (κ3) is 8.24. The molecule has 1 aromatic carbocycles. The molecule has 114 valence electrons. The third-order valence-electron chi connectivity index (χ3n) is 3.57. The SMILES string of the molecule is CC(C)(C)CC[C@@H](CNc1ccccc1)CC(C)(C)C. The van der Waals surface area contributed by atoms with E-state index in [-0.39, 0.29) is 0 Å². The number of hydrogen-bond donors (Lipinski definition) is 1. The number of rotatable bonds is 6. The lowest BCUT2D eigenvalue weighted by Crippen LogP contribution is -2.22. The first-order chi connectivity index (χ1) is 9.16. The topological polar surface area (TPSA) is 12.0 Å². The molecule has 0 unspecified atom stereocenters. The summed E-state index contributed by atoms with van der Waals surface area (Å²) in [5.41, 5.74) is 2.08. The Bertz CT molecular complexity index is 367. The zero-order valence-corrected chi connectivity index (χ0v) is 14.3. The number of para-hydroxylation sites is 1. The smallest absolute Gasteiger partial charge is 0.0340 e. The summed E-state index contributed by atoms with van der Waals surface area (Å²) in [6.45, 7) is 15.1. The van der Waals surface area contributed by atoms with Crippen LogP contribution in [0.2, 0.25) is 0 Å². The van der Waals surface area contributed by atoms with Crippen molar-refractivity contribution in [3.8, 4) is 0 Å². The van der Waals surface area contributed by atoms with E-state index >= 15 is 0 Å². The van der Waals surface area contributed by atoms with Crippen LogP contribution in [0.3, 0.4) is 0 Å². The highest BCUT2D eigenvalue weighted by atomic mass is 14.9. The van der Waals surface area contributed by atoms with Gasteiger partial charge in [0.2, 0.25) is 0 Å². The van der Waals surface area contributed by atoms with E-state index in [2.05, 4.69) is 77.2 Å². The van der Waals surface area contributed by atoms with Crippen LogP contribution < -0.4 is 5.32 Å². The molecule has 0 aliphatic rings. The maximum Gasteiger partial charge on any atom is 0.0340 e. The van der Waals surface area contributed by atoms with Crippen LogP contribution in [-0.4, -0.2) is 6.54 Å². The largest absolute Gasteiger partial charge is 0.385 e. The minimum Gasteiger partial charge on any atom is -0.385 e. The van der Waals surface area contributed by atoms with Crippen molar-refractivity contribution < 1.29 is 0 Å². The summed E-state index contributed by atoms with van der Waals surface area (Å²) in [6, 6.07) is 10.6. The van der Waals surface area contributed by atoms with E-state index in [9.17, 15) is 0 Å². The summed E-state index contributed by atoms with van der Waals surface area (Å²) in [5, 5.41) is 3.60. The Kier molecular flexibility index (Phi) is 6.10. The summed E-state index contributed by atoms with van der Waals surface area (Å²) in [6.07, 6.45) is 3.88. The summed E-state index contributed by atoms with van der Waals surface area (Å²) in [4.78, 5) is 0. The molecule has 1 aromatic rings. The normalized spacial score (nSPS) is 14.1. The van der Waals surface area contributed by atoms with Gasteiger partial charge in [0.1, 0.15) is 0 Å². The second-order valence-corrected chi connectivity index (χ2v) is 8.48. The third-order valence-corrected chi connectivity index (χ3v) is 3.57. The van der Waals surface area contributed by atoms with Gasteiger partial charge in [-0.25, -0.2) is 0 Å². The van der Waals surface area contributed by atoms with Gasteiger partial charge in [-0.3, -0.25) is 0 Å². The lowest BCUT2D eigenvalue weighted by Gasteiger charge is -2.29. The second-order valence-electron chi connectivity index (χ2n) is 8.48. The Morgan fingerprint density at radius 2 is 1.50 bits per heavy atom. The Balaban J connectivity index is 2.53. The Labute approximate surface area is 126 Å². The fraction of sp³-hybridized carbons (Fsp3) is 0.684. The van der Waals surface area contributed by atoms with Crippen molar-refractivity contribution in [1.82, 2.24) is 0 Å². The highest BCUT2D eigenvalue weighted by Gasteiger charge is 2.21. The molecule has 0 amide bonds. The molecule has 0 bridgehead atoms. The Morgan fingerprint density at radius 1 is 0.900 bits per heavy atom. The lowest BCUT2D eigenvalue weighted by atomic mass is 9.79. The summed E-state index contributed by atoms with van der Waals surface area (Å²) in [5.74, 6) is 0.745. The predicted molar refractivity (Wildman–Crippen MR) is 91.2 cm³/mol. The molecule has 1 nitrogen and oxygen atoms in total. The van der Waals surface area contributed by atoms with E-state index in [0.29, 0.717) is 10.8 Å². The van der Waals surface area contributed by atoms with Crippen molar-refractivity contribution in [2.75, 3.05) is 11.9 Å². The average molecular weight is 275 g/mol. The maximum atomic E-state index is 3.60. The number of benzene rings is 1. The van der Waals surface area contributed by atoms with Gasteiger partial charge in [-0.1, -0.05) is 59.7 Å². The van der Waals surface area contributed by atoms with Crippen molar-refractivity contribution in [3.63, 3.8) is 0 Å². The molecule has 0 aromatic heterocycles. The lowest BCUT2D eigenvalue weighted by molar-refractivity contribution is 0.255. The number of hydrogen-bond acceptors (Lipinski definition) is 1. The summed E-state index contributed by atoms with van der Waals surface area (Å²) >= 11 is 0. The number of anilines is 1. The molecule has 0 saturated heterocycles. The standard InChI is InChI=1S/C19H33N/c1-18(2,3)13-12-16(14-19(4,5)6)15-20-17-10-8-7-9-11-17/h7-11,16,20H,12-15H2,1-6H3/t16-/m1/s1. The van der Waals surface area contributed by atoms with Gasteiger partial charge in [0.25, 0.3) is 0 Å². The molecule has 0 heterocycles. The predicted octanol–water partition coefficient (Wildman–Crippen LogP) is 5.98. The van der Waals surface area contributed by atoms with Crippen LogP contribution in [0.5, 0.6) is 0 Å². The van der Waals surface area contributed by atoms with Gasteiger partial charge in [0.05, 0.1) is 0 Å². The number of nitrogens with one attached hydrogen (secondary N) is 1. The first kappa shape index (κ1) is 17.1. The van der Waals surface area contributed by atoms with E-state index < -0.39 is 0 Å². The highest BCUT2D eigenvalue weighted by Crippen LogP contribution is 2.31. The fourth-order valence-electron chi connectivity index (χ4n) is 2.60. The van der Waals surface area contributed by atoms with Crippen LogP contribution in [0.15, 0.2) is 30.3 Å². The van der Waals surface area contributed by atoms with Gasteiger partial charge in [0, 0.05) is 12.2 Å². The quantitative estimate of drug-likeness (QED) is 0.673. The molecule has 0 saturated carbocycles. The molecule has 0 fully saturated rings. The highest BCUT2D eigenvalue weighted by molar-refractivity contribution is 5.42. The van der Waals surface area contributed by atoms with Gasteiger partial charge >= 0.3 is 0 Å². The maximum absolute atomic E-state index is 3.60. The van der Waals surface area contributed by atoms with Gasteiger partial charge in [-0.15, -0.1) is 0 Å². The average Bonchev–Trinajstić information content (AvgIpc) is 2.31. The van der Waals surface area contributed by atoms with E-state index in [1.54, 1.807) is 0 Å². The zero-order chi connectivity index (χ0) is 15.2. The Hall–Kier alpha value is -0.980. The van der Waals surface area contributed by atoms with Crippen molar-refractivity contribution in [2.24, 2.45) is 16.7 Å². The molecule has 0 aliphatic carbocycles. The van der Waals surface area contributed by atoms with Crippen LogP contribution in [-0.2, 0) is 0 Å². The Morgan fingerprint density at radius 3 is 2.00 bits per heavy atom. The van der Waals surface area contributed by atoms with Crippen LogP contribution in [0, 0.1) is 16.7 Å². The van der Waals surface area contributed by atoms with Crippen molar-refractivity contribution in [3.05, 3.63) is 30.3 Å². The monoisotopic (exact) mass is 275 g/mol. The minimum absolute atomic E-state index is 0.404. The molecule has 0 radical (unpaired) electrons. The summed E-state index contributed by atoms with van der Waals surface area (Å²) in [7, 11) is 0. The van der Waals surface area contributed by atoms with Crippen LogP contribution in [0.4, 0.5) is 5.69 Å².